The molecule has 0 aliphatic carbocycles. The molecule has 0 aromatic carbocycles. The number of morpholine rings is 1. The average molecular weight is 263 g/mol. The maximum Gasteiger partial charge on any atom is 0.141 e. The molecule has 3 rings (SSSR count). The van der Waals surface area contributed by atoms with E-state index in [1.165, 1.54) is 5.00 Å². The number of nitrogens with zero attached hydrogens (tertiary/aromatic N) is 5. The zero-order valence-electron chi connectivity index (χ0n) is 9.77. The normalized spacial score (nSPS) is 16.6. The number of aromatic nitrogens is 3. The lowest BCUT2D eigenvalue weighted by molar-refractivity contribution is 0.123. The van der Waals surface area contributed by atoms with E-state index in [1.54, 1.807) is 28.7 Å². The third-order valence-electron chi connectivity index (χ3n) is 2.66. The zero-order valence-corrected chi connectivity index (χ0v) is 10.6. The third kappa shape index (κ3) is 2.57. The highest BCUT2D eigenvalue weighted by molar-refractivity contribution is 7.17. The number of rotatable bonds is 3. The van der Waals surface area contributed by atoms with Crippen molar-refractivity contribution in [1.29, 1.82) is 0 Å². The topological polar surface area (TPSA) is 55.5 Å². The number of thiophene rings is 1. The molecule has 1 aliphatic rings. The van der Waals surface area contributed by atoms with Gasteiger partial charge in [-0.05, 0) is 12.1 Å². The summed E-state index contributed by atoms with van der Waals surface area (Å²) in [6.45, 7) is 3.54. The van der Waals surface area contributed by atoms with Crippen LogP contribution in [0.5, 0.6) is 0 Å². The van der Waals surface area contributed by atoms with E-state index >= 15 is 0 Å². The van der Waals surface area contributed by atoms with Crippen LogP contribution in [0.3, 0.4) is 0 Å². The first-order valence-corrected chi connectivity index (χ1v) is 6.55. The second-order valence-electron chi connectivity index (χ2n) is 3.86. The molecule has 6 nitrogen and oxygen atoms in total. The summed E-state index contributed by atoms with van der Waals surface area (Å²) >= 11 is 1.73. The Morgan fingerprint density at radius 2 is 2.00 bits per heavy atom. The minimum Gasteiger partial charge on any atom is -0.378 e. The molecule has 18 heavy (non-hydrogen) atoms. The lowest BCUT2D eigenvalue weighted by Gasteiger charge is -2.27. The molecule has 0 bridgehead atoms. The number of anilines is 1. The van der Waals surface area contributed by atoms with Crippen LogP contribution >= 0.6 is 11.3 Å². The van der Waals surface area contributed by atoms with Crippen LogP contribution in [0.25, 0.3) is 0 Å². The summed E-state index contributed by atoms with van der Waals surface area (Å²) in [6.07, 6.45) is 4.94. The highest BCUT2D eigenvalue weighted by Gasteiger charge is 2.12. The molecule has 0 N–H and O–H groups in total. The first-order valence-electron chi connectivity index (χ1n) is 5.73. The minimum atomic E-state index is 0.808. The van der Waals surface area contributed by atoms with E-state index in [4.69, 9.17) is 4.74 Å². The lowest BCUT2D eigenvalue weighted by atomic mass is 10.4. The van der Waals surface area contributed by atoms with Crippen molar-refractivity contribution in [2.24, 2.45) is 5.10 Å². The second kappa shape index (κ2) is 5.28. The summed E-state index contributed by atoms with van der Waals surface area (Å²) in [5.41, 5.74) is 0. The molecule has 7 heteroatoms. The highest BCUT2D eigenvalue weighted by atomic mass is 32.1. The van der Waals surface area contributed by atoms with Crippen molar-refractivity contribution >= 4 is 22.6 Å². The predicted molar refractivity (Wildman–Crippen MR) is 70.4 cm³/mol. The fraction of sp³-hybridized carbons (Fsp3) is 0.364. The molecule has 0 spiro atoms. The molecule has 0 unspecified atom stereocenters. The van der Waals surface area contributed by atoms with Gasteiger partial charge in [0.15, 0.2) is 0 Å². The molecule has 0 atom stereocenters. The third-order valence-corrected chi connectivity index (χ3v) is 3.74. The van der Waals surface area contributed by atoms with Crippen molar-refractivity contribution in [2.75, 3.05) is 31.2 Å². The molecule has 0 amide bonds. The van der Waals surface area contributed by atoms with E-state index in [0.29, 0.717) is 0 Å². The van der Waals surface area contributed by atoms with Crippen LogP contribution in [-0.2, 0) is 4.74 Å². The Kier molecular flexibility index (Phi) is 3.33. The Bertz CT molecular complexity index is 515. The van der Waals surface area contributed by atoms with Crippen molar-refractivity contribution in [2.45, 2.75) is 0 Å². The summed E-state index contributed by atoms with van der Waals surface area (Å²) in [5.74, 6) is 0. The second-order valence-corrected chi connectivity index (χ2v) is 4.96. The van der Waals surface area contributed by atoms with Gasteiger partial charge in [0.25, 0.3) is 0 Å². The lowest BCUT2D eigenvalue weighted by Crippen LogP contribution is -2.35. The van der Waals surface area contributed by atoms with Crippen molar-refractivity contribution in [3.05, 3.63) is 29.7 Å². The molecule has 0 radical (unpaired) electrons. The van der Waals surface area contributed by atoms with Crippen LogP contribution in [0.1, 0.15) is 4.88 Å². The highest BCUT2D eigenvalue weighted by Crippen LogP contribution is 2.25. The van der Waals surface area contributed by atoms with Gasteiger partial charge in [-0.2, -0.15) is 5.10 Å². The van der Waals surface area contributed by atoms with Gasteiger partial charge in [0.1, 0.15) is 12.7 Å². The minimum absolute atomic E-state index is 0.808. The van der Waals surface area contributed by atoms with Crippen LogP contribution in [0.15, 0.2) is 29.9 Å². The van der Waals surface area contributed by atoms with Crippen LogP contribution < -0.4 is 4.90 Å². The number of ether oxygens (including phenoxy) is 1. The van der Waals surface area contributed by atoms with E-state index in [-0.39, 0.29) is 0 Å². The van der Waals surface area contributed by atoms with Gasteiger partial charge in [-0.1, -0.05) is 0 Å². The molecule has 94 valence electrons. The Balaban J connectivity index is 1.69. The first-order chi connectivity index (χ1) is 8.92. The van der Waals surface area contributed by atoms with Crippen molar-refractivity contribution in [3.63, 3.8) is 0 Å². The number of hydrogen-bond acceptors (Lipinski definition) is 6. The van der Waals surface area contributed by atoms with Gasteiger partial charge in [0.05, 0.1) is 24.4 Å². The van der Waals surface area contributed by atoms with E-state index < -0.39 is 0 Å². The molecule has 3 heterocycles. The summed E-state index contributed by atoms with van der Waals surface area (Å²) in [5, 5.41) is 12.9. The smallest absolute Gasteiger partial charge is 0.141 e. The van der Waals surface area contributed by atoms with Crippen LogP contribution in [0.4, 0.5) is 5.00 Å². The van der Waals surface area contributed by atoms with E-state index in [1.807, 2.05) is 6.21 Å². The average Bonchev–Trinajstić information content (AvgIpc) is 3.09. The molecular weight excluding hydrogens is 250 g/mol. The fourth-order valence-electron chi connectivity index (χ4n) is 1.74. The van der Waals surface area contributed by atoms with Crippen molar-refractivity contribution in [1.82, 2.24) is 14.9 Å². The van der Waals surface area contributed by atoms with Gasteiger partial charge >= 0.3 is 0 Å². The van der Waals surface area contributed by atoms with Gasteiger partial charge in [0.2, 0.25) is 0 Å². The van der Waals surface area contributed by atoms with E-state index in [0.717, 1.165) is 31.2 Å². The van der Waals surface area contributed by atoms with E-state index in [2.05, 4.69) is 32.3 Å². The summed E-state index contributed by atoms with van der Waals surface area (Å²) < 4.78 is 6.92. The SMILES string of the molecule is C(=N\n1cnnc1)/c1ccc(N2CCOCC2)s1. The number of hydrogen-bond donors (Lipinski definition) is 0. The van der Waals surface area contributed by atoms with E-state index in [9.17, 15) is 0 Å². The Morgan fingerprint density at radius 3 is 2.78 bits per heavy atom. The Labute approximate surface area is 109 Å². The van der Waals surface area contributed by atoms with Gasteiger partial charge in [-0.25, -0.2) is 4.68 Å². The molecule has 2 aromatic heterocycles. The zero-order chi connectivity index (χ0) is 12.2. The Hall–Kier alpha value is -1.73. The maximum absolute atomic E-state index is 5.34. The van der Waals surface area contributed by atoms with Gasteiger partial charge in [-0.3, -0.25) is 0 Å². The summed E-state index contributed by atoms with van der Waals surface area (Å²) in [7, 11) is 0. The summed E-state index contributed by atoms with van der Waals surface area (Å²) in [6, 6.07) is 4.20. The van der Waals surface area contributed by atoms with Gasteiger partial charge in [0, 0.05) is 18.0 Å². The quantitative estimate of drug-likeness (QED) is 0.777. The molecular formula is C11H13N5OS. The van der Waals surface area contributed by atoms with Gasteiger partial charge in [-0.15, -0.1) is 21.5 Å². The molecule has 1 fully saturated rings. The predicted octanol–water partition coefficient (Wildman–Crippen LogP) is 1.06. The molecule has 2 aromatic rings. The van der Waals surface area contributed by atoms with Crippen LogP contribution in [0.2, 0.25) is 0 Å². The molecule has 1 aliphatic heterocycles. The van der Waals surface area contributed by atoms with Crippen LogP contribution in [-0.4, -0.2) is 47.4 Å². The monoisotopic (exact) mass is 263 g/mol. The molecule has 1 saturated heterocycles. The molecule has 0 saturated carbocycles. The van der Waals surface area contributed by atoms with Gasteiger partial charge < -0.3 is 9.64 Å². The summed E-state index contributed by atoms with van der Waals surface area (Å²) in [4.78, 5) is 3.45. The fourth-order valence-corrected chi connectivity index (χ4v) is 2.67. The largest absolute Gasteiger partial charge is 0.378 e. The Morgan fingerprint density at radius 1 is 1.22 bits per heavy atom. The first kappa shape index (κ1) is 11.4. The van der Waals surface area contributed by atoms with Crippen LogP contribution in [0, 0.1) is 0 Å². The maximum atomic E-state index is 5.34. The standard InChI is InChI=1S/C11H13N5OS/c1-2-11(15-3-5-17-6-4-15)18-10(1)7-14-16-8-12-13-9-16/h1-2,7-9H,3-6H2/b14-7+. The van der Waals surface area contributed by atoms with Crippen molar-refractivity contribution in [3.8, 4) is 0 Å². The van der Waals surface area contributed by atoms with Crippen molar-refractivity contribution < 1.29 is 4.74 Å².